The first-order valence-electron chi connectivity index (χ1n) is 8.36. The van der Waals surface area contributed by atoms with Gasteiger partial charge in [0.05, 0.1) is 21.6 Å². The average molecular weight is 402 g/mol. The molecule has 1 aliphatic heterocycles. The minimum atomic E-state index is -3.08. The fraction of sp³-hybridized carbons (Fsp3) is 0.412. The average Bonchev–Trinajstić information content (AvgIpc) is 3.24. The zero-order valence-corrected chi connectivity index (χ0v) is 14.7. The third-order valence-electron chi connectivity index (χ3n) is 4.98. The van der Waals surface area contributed by atoms with E-state index in [1.165, 1.54) is 6.07 Å². The lowest BCUT2D eigenvalue weighted by atomic mass is 10.1. The first-order chi connectivity index (χ1) is 12.7. The number of halogens is 4. The van der Waals surface area contributed by atoms with Crippen molar-refractivity contribution in [3.05, 3.63) is 38.9 Å². The molecule has 0 amide bonds. The van der Waals surface area contributed by atoms with Crippen molar-refractivity contribution in [3.63, 3.8) is 0 Å². The predicted molar refractivity (Wildman–Crippen MR) is 93.8 cm³/mol. The molecule has 1 aliphatic carbocycles. The fourth-order valence-electron chi connectivity index (χ4n) is 3.51. The van der Waals surface area contributed by atoms with Gasteiger partial charge in [-0.1, -0.05) is 11.6 Å². The van der Waals surface area contributed by atoms with Crippen molar-refractivity contribution in [3.8, 4) is 0 Å². The summed E-state index contributed by atoms with van der Waals surface area (Å²) >= 11 is 6.20. The molecule has 1 aromatic carbocycles. The second-order valence-electron chi connectivity index (χ2n) is 6.72. The number of piperazine rings is 1. The predicted octanol–water partition coefficient (Wildman–Crippen LogP) is 2.48. The van der Waals surface area contributed by atoms with Gasteiger partial charge in [0.25, 0.3) is 5.92 Å². The molecule has 0 radical (unpaired) electrons. The maximum Gasteiger partial charge on any atom is 0.341 e. The van der Waals surface area contributed by atoms with E-state index in [-0.39, 0.29) is 21.6 Å². The van der Waals surface area contributed by atoms with E-state index in [1.807, 2.05) is 0 Å². The summed E-state index contributed by atoms with van der Waals surface area (Å²) in [7, 11) is 0. The molecule has 6 nitrogen and oxygen atoms in total. The lowest BCUT2D eigenvalue weighted by Crippen LogP contribution is -2.44. The third-order valence-corrected chi connectivity index (χ3v) is 5.26. The third kappa shape index (κ3) is 2.85. The Morgan fingerprint density at radius 3 is 2.52 bits per heavy atom. The smallest absolute Gasteiger partial charge is 0.341 e. The minimum Gasteiger partial charge on any atom is -0.477 e. The first kappa shape index (κ1) is 18.1. The highest BCUT2D eigenvalue weighted by Gasteiger charge is 2.58. The molecule has 2 aliphatic rings. The number of hydrogen-bond acceptors (Lipinski definition) is 4. The van der Waals surface area contributed by atoms with Crippen molar-refractivity contribution in [1.82, 2.24) is 9.88 Å². The monoisotopic (exact) mass is 401 g/mol. The number of carboxylic acid groups (broad SMARTS) is 1. The number of carbonyl (C=O) groups is 1. The van der Waals surface area contributed by atoms with Crippen LogP contribution in [0.2, 0.25) is 5.02 Å². The van der Waals surface area contributed by atoms with Crippen molar-refractivity contribution in [2.45, 2.75) is 18.4 Å². The van der Waals surface area contributed by atoms with Gasteiger partial charge >= 0.3 is 5.97 Å². The van der Waals surface area contributed by atoms with E-state index in [0.717, 1.165) is 10.8 Å². The number of benzene rings is 1. The van der Waals surface area contributed by atoms with Gasteiger partial charge in [0.2, 0.25) is 5.43 Å². The van der Waals surface area contributed by atoms with Gasteiger partial charge in [0.1, 0.15) is 11.6 Å². The molecule has 1 saturated carbocycles. The highest BCUT2D eigenvalue weighted by molar-refractivity contribution is 6.34. The Morgan fingerprint density at radius 2 is 1.96 bits per heavy atom. The molecular weight excluding hydrogens is 387 g/mol. The number of anilines is 1. The van der Waals surface area contributed by atoms with Crippen molar-refractivity contribution < 1.29 is 23.1 Å². The maximum absolute atomic E-state index is 15.4. The zero-order chi connectivity index (χ0) is 19.5. The number of pyridine rings is 1. The van der Waals surface area contributed by atoms with Gasteiger partial charge in [-0.15, -0.1) is 0 Å². The van der Waals surface area contributed by atoms with Crippen LogP contribution in [0.15, 0.2) is 17.1 Å². The number of aromatic carboxylic acids is 1. The van der Waals surface area contributed by atoms with Gasteiger partial charge < -0.3 is 19.9 Å². The van der Waals surface area contributed by atoms with E-state index in [0.29, 0.717) is 26.2 Å². The molecule has 27 heavy (non-hydrogen) atoms. The maximum atomic E-state index is 15.4. The number of nitrogens with one attached hydrogen (secondary N) is 1. The van der Waals surface area contributed by atoms with Crippen LogP contribution in [0.1, 0.15) is 22.8 Å². The van der Waals surface area contributed by atoms with Crippen LogP contribution in [0, 0.1) is 5.82 Å². The highest BCUT2D eigenvalue weighted by Crippen LogP contribution is 2.53. The number of nitrogens with zero attached hydrogens (tertiary/aromatic N) is 2. The summed E-state index contributed by atoms with van der Waals surface area (Å²) in [6.45, 7) is 2.11. The normalized spacial score (nSPS) is 21.5. The SMILES string of the molecule is O=C(O)c1cn(C2CC2(F)F)c2c(F)c(N3CCNCC3)c(Cl)cc2c1=O. The van der Waals surface area contributed by atoms with Gasteiger partial charge in [-0.05, 0) is 6.07 Å². The summed E-state index contributed by atoms with van der Waals surface area (Å²) < 4.78 is 43.7. The Balaban J connectivity index is 2.03. The Bertz CT molecular complexity index is 1020. The Hall–Kier alpha value is -2.26. The summed E-state index contributed by atoms with van der Waals surface area (Å²) in [5.41, 5.74) is -1.96. The Morgan fingerprint density at radius 1 is 1.33 bits per heavy atom. The number of hydrogen-bond donors (Lipinski definition) is 2. The molecule has 2 heterocycles. The number of aromatic nitrogens is 1. The van der Waals surface area contributed by atoms with Crippen LogP contribution in [0.5, 0.6) is 0 Å². The second kappa shape index (κ2) is 6.13. The molecule has 0 bridgehead atoms. The van der Waals surface area contributed by atoms with Crippen molar-refractivity contribution in [2.75, 3.05) is 31.1 Å². The van der Waals surface area contributed by atoms with E-state index in [1.54, 1.807) is 4.90 Å². The van der Waals surface area contributed by atoms with Crippen LogP contribution in [0.4, 0.5) is 18.9 Å². The van der Waals surface area contributed by atoms with Crippen molar-refractivity contribution in [1.29, 1.82) is 0 Å². The highest BCUT2D eigenvalue weighted by atomic mass is 35.5. The molecule has 144 valence electrons. The quantitative estimate of drug-likeness (QED) is 0.826. The molecule has 1 aromatic heterocycles. The number of fused-ring (bicyclic) bond motifs is 1. The second-order valence-corrected chi connectivity index (χ2v) is 7.13. The van der Waals surface area contributed by atoms with Crippen LogP contribution < -0.4 is 15.6 Å². The van der Waals surface area contributed by atoms with Gasteiger partial charge in [-0.3, -0.25) is 4.79 Å². The van der Waals surface area contributed by atoms with Crippen LogP contribution in [0.3, 0.4) is 0 Å². The van der Waals surface area contributed by atoms with E-state index in [4.69, 9.17) is 11.6 Å². The lowest BCUT2D eigenvalue weighted by Gasteiger charge is -2.31. The standard InChI is InChI=1S/C17H15ClF3N3O3/c18-10-5-8-13(12(19)14(10)23-3-1-22-2-4-23)24(11-6-17(11,20)21)7-9(15(8)25)16(26)27/h5,7,11,22H,1-4,6H2,(H,26,27). The van der Waals surface area contributed by atoms with Crippen LogP contribution >= 0.6 is 11.6 Å². The summed E-state index contributed by atoms with van der Waals surface area (Å²) in [6.07, 6.45) is 0.256. The molecular formula is C17H15ClF3N3O3. The molecule has 0 spiro atoms. The van der Waals surface area contributed by atoms with Crippen LogP contribution in [0.25, 0.3) is 10.9 Å². The summed E-state index contributed by atoms with van der Waals surface area (Å²) in [5.74, 6) is -5.54. The lowest BCUT2D eigenvalue weighted by molar-refractivity contribution is 0.0692. The van der Waals surface area contributed by atoms with Crippen LogP contribution in [-0.4, -0.2) is 47.7 Å². The number of carboxylic acids is 1. The molecule has 1 saturated heterocycles. The number of alkyl halides is 2. The Labute approximate surface area is 156 Å². The molecule has 4 rings (SSSR count). The van der Waals surface area contributed by atoms with Crippen molar-refractivity contribution >= 4 is 34.2 Å². The van der Waals surface area contributed by atoms with E-state index >= 15 is 4.39 Å². The summed E-state index contributed by atoms with van der Waals surface area (Å²) in [4.78, 5) is 25.5. The topological polar surface area (TPSA) is 74.6 Å². The van der Waals surface area contributed by atoms with Gasteiger partial charge in [-0.2, -0.15) is 0 Å². The van der Waals surface area contributed by atoms with Crippen LogP contribution in [-0.2, 0) is 0 Å². The number of rotatable bonds is 3. The fourth-order valence-corrected chi connectivity index (χ4v) is 3.82. The van der Waals surface area contributed by atoms with E-state index in [9.17, 15) is 23.5 Å². The molecule has 2 aromatic rings. The minimum absolute atomic E-state index is 0.0332. The molecule has 1 atom stereocenters. The summed E-state index contributed by atoms with van der Waals surface area (Å²) in [5, 5.41) is 12.0. The van der Waals surface area contributed by atoms with Gasteiger partial charge in [0.15, 0.2) is 5.82 Å². The first-order valence-corrected chi connectivity index (χ1v) is 8.74. The van der Waals surface area contributed by atoms with E-state index in [2.05, 4.69) is 5.32 Å². The van der Waals surface area contributed by atoms with Gasteiger partial charge in [-0.25, -0.2) is 18.0 Å². The molecule has 2 fully saturated rings. The van der Waals surface area contributed by atoms with Gasteiger partial charge in [0, 0.05) is 38.8 Å². The zero-order valence-electron chi connectivity index (χ0n) is 13.9. The Kier molecular flexibility index (Phi) is 4.12. The van der Waals surface area contributed by atoms with Crippen molar-refractivity contribution in [2.24, 2.45) is 0 Å². The largest absolute Gasteiger partial charge is 0.477 e. The summed E-state index contributed by atoms with van der Waals surface area (Å²) in [6, 6.07) is -0.228. The molecule has 1 unspecified atom stereocenters. The molecule has 2 N–H and O–H groups in total. The van der Waals surface area contributed by atoms with E-state index < -0.39 is 41.2 Å². The molecule has 10 heteroatoms.